The number of nitrogens with zero attached hydrogens (tertiary/aromatic N) is 1. The molecule has 0 spiro atoms. The van der Waals surface area contributed by atoms with Gasteiger partial charge in [-0.2, -0.15) is 0 Å². The average Bonchev–Trinajstić information content (AvgIpc) is 2.62. The first-order chi connectivity index (χ1) is 12.0. The van der Waals surface area contributed by atoms with Gasteiger partial charge in [-0.05, 0) is 12.1 Å². The van der Waals surface area contributed by atoms with Crippen LogP contribution in [0.25, 0.3) is 0 Å². The van der Waals surface area contributed by atoms with Crippen molar-refractivity contribution in [3.8, 4) is 5.75 Å². The van der Waals surface area contributed by atoms with Gasteiger partial charge in [-0.3, -0.25) is 9.59 Å². The fourth-order valence-electron chi connectivity index (χ4n) is 2.06. The number of carbonyl (C=O) groups excluding carboxylic acids is 2. The van der Waals surface area contributed by atoms with Crippen molar-refractivity contribution in [3.63, 3.8) is 0 Å². The SMILES string of the molecule is COC(=O)C(C)CN(CCOCCO)C(=O)COc1ccccc1Cl. The number of aliphatic hydroxyl groups excluding tert-OH is 1. The van der Waals surface area contributed by atoms with Crippen LogP contribution >= 0.6 is 11.6 Å². The summed E-state index contributed by atoms with van der Waals surface area (Å²) in [6.45, 7) is 2.25. The number of halogens is 1. The van der Waals surface area contributed by atoms with E-state index in [1.807, 2.05) is 0 Å². The van der Waals surface area contributed by atoms with Gasteiger partial charge in [0, 0.05) is 13.1 Å². The molecule has 7 nitrogen and oxygen atoms in total. The predicted molar refractivity (Wildman–Crippen MR) is 92.6 cm³/mol. The average molecular weight is 374 g/mol. The Hall–Kier alpha value is -1.83. The minimum atomic E-state index is -0.480. The lowest BCUT2D eigenvalue weighted by Gasteiger charge is -2.25. The molecule has 1 rings (SSSR count). The lowest BCUT2D eigenvalue weighted by Crippen LogP contribution is -2.41. The van der Waals surface area contributed by atoms with Crippen molar-refractivity contribution in [3.05, 3.63) is 29.3 Å². The molecule has 140 valence electrons. The first-order valence-electron chi connectivity index (χ1n) is 7.91. The fraction of sp³-hybridized carbons (Fsp3) is 0.529. The van der Waals surface area contributed by atoms with E-state index in [-0.39, 0.29) is 45.4 Å². The maximum Gasteiger partial charge on any atom is 0.310 e. The standard InChI is InChI=1S/C17H24ClNO6/c1-13(17(22)23-2)11-19(7-9-24-10-8-20)16(21)12-25-15-6-4-3-5-14(15)18/h3-6,13,20H,7-12H2,1-2H3. The van der Waals surface area contributed by atoms with Gasteiger partial charge in [-0.15, -0.1) is 0 Å². The van der Waals surface area contributed by atoms with Gasteiger partial charge in [-0.1, -0.05) is 30.7 Å². The number of carbonyl (C=O) groups is 2. The molecule has 1 aromatic carbocycles. The van der Waals surface area contributed by atoms with Crippen molar-refractivity contribution in [2.24, 2.45) is 5.92 Å². The van der Waals surface area contributed by atoms with Gasteiger partial charge in [0.15, 0.2) is 6.61 Å². The minimum Gasteiger partial charge on any atom is -0.482 e. The Morgan fingerprint density at radius 2 is 2.00 bits per heavy atom. The minimum absolute atomic E-state index is 0.0951. The van der Waals surface area contributed by atoms with Crippen molar-refractivity contribution in [1.82, 2.24) is 4.90 Å². The van der Waals surface area contributed by atoms with Crippen molar-refractivity contribution in [2.45, 2.75) is 6.92 Å². The molecule has 25 heavy (non-hydrogen) atoms. The van der Waals surface area contributed by atoms with Crippen molar-refractivity contribution >= 4 is 23.5 Å². The van der Waals surface area contributed by atoms with Gasteiger partial charge in [0.05, 0.1) is 37.9 Å². The summed E-state index contributed by atoms with van der Waals surface area (Å²) in [6, 6.07) is 6.86. The summed E-state index contributed by atoms with van der Waals surface area (Å²) in [5, 5.41) is 9.14. The molecule has 0 heterocycles. The van der Waals surface area contributed by atoms with Crippen molar-refractivity contribution in [2.75, 3.05) is 46.6 Å². The van der Waals surface area contributed by atoms with Crippen LogP contribution < -0.4 is 4.74 Å². The predicted octanol–water partition coefficient (Wildman–Crippen LogP) is 1.37. The molecule has 0 aliphatic rings. The first-order valence-corrected chi connectivity index (χ1v) is 8.29. The van der Waals surface area contributed by atoms with E-state index in [2.05, 4.69) is 0 Å². The first kappa shape index (κ1) is 21.2. The number of benzene rings is 1. The zero-order valence-electron chi connectivity index (χ0n) is 14.4. The molecule has 0 fully saturated rings. The Balaban J connectivity index is 2.63. The van der Waals surface area contributed by atoms with E-state index < -0.39 is 11.9 Å². The molecule has 0 saturated carbocycles. The number of esters is 1. The van der Waals surface area contributed by atoms with Crippen molar-refractivity contribution < 1.29 is 28.9 Å². The summed E-state index contributed by atoms with van der Waals surface area (Å²) in [4.78, 5) is 25.5. The summed E-state index contributed by atoms with van der Waals surface area (Å²) in [7, 11) is 1.30. The normalized spacial score (nSPS) is 11.7. The molecular weight excluding hydrogens is 350 g/mol. The molecule has 0 aromatic heterocycles. The van der Waals surface area contributed by atoms with E-state index in [1.165, 1.54) is 12.0 Å². The van der Waals surface area contributed by atoms with Gasteiger partial charge < -0.3 is 24.2 Å². The summed E-state index contributed by atoms with van der Waals surface area (Å²) in [6.07, 6.45) is 0. The topological polar surface area (TPSA) is 85.3 Å². The second-order valence-corrected chi connectivity index (χ2v) is 5.73. The van der Waals surface area contributed by atoms with Crippen LogP contribution in [0.1, 0.15) is 6.92 Å². The highest BCUT2D eigenvalue weighted by Gasteiger charge is 2.22. The van der Waals surface area contributed by atoms with Crippen molar-refractivity contribution in [1.29, 1.82) is 0 Å². The highest BCUT2D eigenvalue weighted by Crippen LogP contribution is 2.23. The quantitative estimate of drug-likeness (QED) is 0.465. The fourth-order valence-corrected chi connectivity index (χ4v) is 2.25. The Morgan fingerprint density at radius 3 is 2.64 bits per heavy atom. The molecular formula is C17H24ClNO6. The second kappa shape index (κ2) is 11.7. The molecule has 0 aliphatic carbocycles. The molecule has 1 atom stereocenters. The number of para-hydroxylation sites is 1. The Kier molecular flexibility index (Phi) is 9.91. The van der Waals surface area contributed by atoms with Crippen LogP contribution in [0.5, 0.6) is 5.75 Å². The zero-order chi connectivity index (χ0) is 18.7. The van der Waals surface area contributed by atoms with E-state index in [0.29, 0.717) is 10.8 Å². The third-order valence-corrected chi connectivity index (χ3v) is 3.69. The third kappa shape index (κ3) is 7.72. The van der Waals surface area contributed by atoms with Crippen LogP contribution in [0.3, 0.4) is 0 Å². The molecule has 0 bridgehead atoms. The summed E-state index contributed by atoms with van der Waals surface area (Å²) in [5.41, 5.74) is 0. The van der Waals surface area contributed by atoms with E-state index >= 15 is 0 Å². The lowest BCUT2D eigenvalue weighted by atomic mass is 10.1. The Morgan fingerprint density at radius 1 is 1.28 bits per heavy atom. The molecule has 0 aliphatic heterocycles. The number of amides is 1. The number of ether oxygens (including phenoxy) is 3. The maximum atomic E-state index is 12.4. The highest BCUT2D eigenvalue weighted by molar-refractivity contribution is 6.32. The van der Waals surface area contributed by atoms with Crippen LogP contribution in [-0.4, -0.2) is 68.5 Å². The lowest BCUT2D eigenvalue weighted by molar-refractivity contribution is -0.147. The summed E-state index contributed by atoms with van der Waals surface area (Å²) >= 11 is 6.00. The Labute approximate surface area is 152 Å². The van der Waals surface area contributed by atoms with E-state index in [9.17, 15) is 9.59 Å². The van der Waals surface area contributed by atoms with Crippen LogP contribution in [0.15, 0.2) is 24.3 Å². The number of hydrogen-bond donors (Lipinski definition) is 1. The maximum absolute atomic E-state index is 12.4. The van der Waals surface area contributed by atoms with Gasteiger partial charge >= 0.3 is 5.97 Å². The number of methoxy groups -OCH3 is 1. The number of rotatable bonds is 11. The van der Waals surface area contributed by atoms with Crippen LogP contribution in [-0.2, 0) is 19.1 Å². The monoisotopic (exact) mass is 373 g/mol. The largest absolute Gasteiger partial charge is 0.482 e. The van der Waals surface area contributed by atoms with E-state index in [0.717, 1.165) is 0 Å². The highest BCUT2D eigenvalue weighted by atomic mass is 35.5. The number of hydrogen-bond acceptors (Lipinski definition) is 6. The van der Waals surface area contributed by atoms with Gasteiger partial charge in [0.1, 0.15) is 5.75 Å². The molecule has 8 heteroatoms. The molecule has 0 saturated heterocycles. The molecule has 1 unspecified atom stereocenters. The summed E-state index contributed by atoms with van der Waals surface area (Å²) < 4.78 is 15.3. The molecule has 1 N–H and O–H groups in total. The van der Waals surface area contributed by atoms with Crippen LogP contribution in [0.2, 0.25) is 5.02 Å². The van der Waals surface area contributed by atoms with E-state index in [1.54, 1.807) is 31.2 Å². The Bertz CT molecular complexity index is 554. The molecule has 1 amide bonds. The van der Waals surface area contributed by atoms with Crippen LogP contribution in [0.4, 0.5) is 0 Å². The van der Waals surface area contributed by atoms with Gasteiger partial charge in [-0.25, -0.2) is 0 Å². The second-order valence-electron chi connectivity index (χ2n) is 5.32. The van der Waals surface area contributed by atoms with Crippen LogP contribution in [0, 0.1) is 5.92 Å². The summed E-state index contributed by atoms with van der Waals surface area (Å²) in [5.74, 6) is -0.772. The third-order valence-electron chi connectivity index (χ3n) is 3.38. The number of aliphatic hydroxyl groups is 1. The van der Waals surface area contributed by atoms with Gasteiger partial charge in [0.25, 0.3) is 5.91 Å². The zero-order valence-corrected chi connectivity index (χ0v) is 15.2. The van der Waals surface area contributed by atoms with Gasteiger partial charge in [0.2, 0.25) is 0 Å². The molecule has 0 radical (unpaired) electrons. The van der Waals surface area contributed by atoms with E-state index in [4.69, 9.17) is 30.9 Å². The molecule has 1 aromatic rings. The smallest absolute Gasteiger partial charge is 0.310 e.